The summed E-state index contributed by atoms with van der Waals surface area (Å²) >= 11 is 0. The molecule has 0 radical (unpaired) electrons. The minimum absolute atomic E-state index is 0.113. The second-order valence-electron chi connectivity index (χ2n) is 6.25. The van der Waals surface area contributed by atoms with E-state index < -0.39 is 28.2 Å². The summed E-state index contributed by atoms with van der Waals surface area (Å²) in [7, 11) is -3.86. The lowest BCUT2D eigenvalue weighted by Crippen LogP contribution is -2.52. The Morgan fingerprint density at radius 1 is 1.11 bits per heavy atom. The number of nitrogens with zero attached hydrogens (tertiary/aromatic N) is 2. The van der Waals surface area contributed by atoms with Gasteiger partial charge >= 0.3 is 6.36 Å². The average molecular weight is 408 g/mol. The number of hydrogen-bond donors (Lipinski definition) is 0. The van der Waals surface area contributed by atoms with Gasteiger partial charge in [-0.1, -0.05) is 0 Å². The van der Waals surface area contributed by atoms with Gasteiger partial charge in [-0.05, 0) is 37.1 Å². The van der Waals surface area contributed by atoms with Crippen LogP contribution in [0.15, 0.2) is 29.2 Å². The molecule has 0 N–H and O–H groups in total. The third kappa shape index (κ3) is 4.71. The van der Waals surface area contributed by atoms with Crippen molar-refractivity contribution in [3.63, 3.8) is 0 Å². The highest BCUT2D eigenvalue weighted by atomic mass is 32.2. The van der Waals surface area contributed by atoms with Crippen molar-refractivity contribution in [2.24, 2.45) is 0 Å². The SMILES string of the molecule is O=C([C@H]1CCCO1)N1CCN(S(=O)(=O)c2ccc(OC(F)(F)F)cc2)CC1. The van der Waals surface area contributed by atoms with E-state index in [0.29, 0.717) is 13.0 Å². The van der Waals surface area contributed by atoms with Gasteiger partial charge in [0, 0.05) is 32.8 Å². The van der Waals surface area contributed by atoms with Gasteiger partial charge in [0.05, 0.1) is 4.90 Å². The minimum Gasteiger partial charge on any atom is -0.406 e. The maximum absolute atomic E-state index is 12.7. The van der Waals surface area contributed by atoms with Crippen LogP contribution < -0.4 is 4.74 Å². The number of rotatable bonds is 4. The first-order valence-electron chi connectivity index (χ1n) is 8.43. The van der Waals surface area contributed by atoms with Gasteiger partial charge in [0.1, 0.15) is 11.9 Å². The normalized spacial score (nSPS) is 22.0. The zero-order valence-corrected chi connectivity index (χ0v) is 15.1. The smallest absolute Gasteiger partial charge is 0.406 e. The second kappa shape index (κ2) is 7.64. The van der Waals surface area contributed by atoms with Gasteiger partial charge in [-0.2, -0.15) is 4.31 Å². The summed E-state index contributed by atoms with van der Waals surface area (Å²) in [6.07, 6.45) is -3.79. The van der Waals surface area contributed by atoms with E-state index in [4.69, 9.17) is 4.74 Å². The summed E-state index contributed by atoms with van der Waals surface area (Å²) in [5, 5.41) is 0. The molecule has 0 unspecified atom stereocenters. The van der Waals surface area contributed by atoms with E-state index in [0.717, 1.165) is 30.7 Å². The lowest BCUT2D eigenvalue weighted by atomic mass is 10.2. The number of alkyl halides is 3. The van der Waals surface area contributed by atoms with Crippen molar-refractivity contribution in [2.45, 2.75) is 30.2 Å². The molecule has 7 nitrogen and oxygen atoms in total. The summed E-state index contributed by atoms with van der Waals surface area (Å²) < 4.78 is 72.2. The molecule has 0 aliphatic carbocycles. The molecule has 1 aromatic carbocycles. The Morgan fingerprint density at radius 2 is 1.74 bits per heavy atom. The van der Waals surface area contributed by atoms with Crippen LogP contribution in [0.5, 0.6) is 5.75 Å². The van der Waals surface area contributed by atoms with Crippen LogP contribution in [-0.2, 0) is 19.6 Å². The largest absolute Gasteiger partial charge is 0.573 e. The van der Waals surface area contributed by atoms with Gasteiger partial charge in [-0.3, -0.25) is 4.79 Å². The predicted octanol–water partition coefficient (Wildman–Crippen LogP) is 1.60. The van der Waals surface area contributed by atoms with Crippen LogP contribution in [0.1, 0.15) is 12.8 Å². The zero-order valence-electron chi connectivity index (χ0n) is 14.3. The van der Waals surface area contributed by atoms with Gasteiger partial charge in [0.25, 0.3) is 5.91 Å². The minimum atomic E-state index is -4.84. The van der Waals surface area contributed by atoms with E-state index in [1.54, 1.807) is 4.90 Å². The van der Waals surface area contributed by atoms with Crippen LogP contribution in [0.3, 0.4) is 0 Å². The highest BCUT2D eigenvalue weighted by Crippen LogP contribution is 2.25. The van der Waals surface area contributed by atoms with Crippen LogP contribution in [-0.4, -0.2) is 68.8 Å². The van der Waals surface area contributed by atoms with Crippen molar-refractivity contribution in [1.29, 1.82) is 0 Å². The Labute approximate surface area is 154 Å². The molecule has 2 saturated heterocycles. The molecular weight excluding hydrogens is 389 g/mol. The summed E-state index contributed by atoms with van der Waals surface area (Å²) in [6, 6.07) is 4.05. The van der Waals surface area contributed by atoms with E-state index in [-0.39, 0.29) is 37.0 Å². The molecule has 0 bridgehead atoms. The fourth-order valence-electron chi connectivity index (χ4n) is 3.09. The van der Waals surface area contributed by atoms with E-state index in [9.17, 15) is 26.4 Å². The van der Waals surface area contributed by atoms with Crippen molar-refractivity contribution < 1.29 is 35.9 Å². The molecule has 1 atom stereocenters. The third-order valence-corrected chi connectivity index (χ3v) is 6.36. The Kier molecular flexibility index (Phi) is 5.63. The van der Waals surface area contributed by atoms with Crippen LogP contribution in [0, 0.1) is 0 Å². The second-order valence-corrected chi connectivity index (χ2v) is 8.19. The number of carbonyl (C=O) groups excluding carboxylic acids is 1. The summed E-state index contributed by atoms with van der Waals surface area (Å²) in [5.74, 6) is -0.619. The number of amides is 1. The Morgan fingerprint density at radius 3 is 2.26 bits per heavy atom. The van der Waals surface area contributed by atoms with Crippen molar-refractivity contribution in [3.05, 3.63) is 24.3 Å². The van der Waals surface area contributed by atoms with Crippen molar-refractivity contribution in [1.82, 2.24) is 9.21 Å². The maximum atomic E-state index is 12.7. The van der Waals surface area contributed by atoms with Crippen LogP contribution >= 0.6 is 0 Å². The number of hydrogen-bond acceptors (Lipinski definition) is 5. The number of piperazine rings is 1. The standard InChI is InChI=1S/C16H19F3N2O5S/c17-16(18,19)26-12-3-5-13(6-4-12)27(23,24)21-9-7-20(8-10-21)15(22)14-2-1-11-25-14/h3-6,14H,1-2,7-11H2/t14-/m1/s1. The third-order valence-electron chi connectivity index (χ3n) is 4.45. The first-order chi connectivity index (χ1) is 12.7. The molecule has 27 heavy (non-hydrogen) atoms. The van der Waals surface area contributed by atoms with Crippen LogP contribution in [0.4, 0.5) is 13.2 Å². The topological polar surface area (TPSA) is 76.2 Å². The monoisotopic (exact) mass is 408 g/mol. The number of carbonyl (C=O) groups is 1. The van der Waals surface area contributed by atoms with E-state index in [2.05, 4.69) is 4.74 Å². The molecule has 11 heteroatoms. The van der Waals surface area contributed by atoms with Gasteiger partial charge in [-0.15, -0.1) is 13.2 Å². The highest BCUT2D eigenvalue weighted by molar-refractivity contribution is 7.89. The van der Waals surface area contributed by atoms with Gasteiger partial charge < -0.3 is 14.4 Å². The Balaban J connectivity index is 1.62. The lowest BCUT2D eigenvalue weighted by molar-refractivity contribution is -0.274. The summed E-state index contributed by atoms with van der Waals surface area (Å²) in [4.78, 5) is 13.8. The maximum Gasteiger partial charge on any atom is 0.573 e. The number of halogens is 3. The predicted molar refractivity (Wildman–Crippen MR) is 87.4 cm³/mol. The van der Waals surface area contributed by atoms with E-state index in [1.807, 2.05) is 0 Å². The van der Waals surface area contributed by atoms with Crippen molar-refractivity contribution in [3.8, 4) is 5.75 Å². The fourth-order valence-corrected chi connectivity index (χ4v) is 4.51. The van der Waals surface area contributed by atoms with Crippen molar-refractivity contribution >= 4 is 15.9 Å². The molecule has 2 heterocycles. The quantitative estimate of drug-likeness (QED) is 0.757. The molecule has 0 spiro atoms. The van der Waals surface area contributed by atoms with E-state index >= 15 is 0 Å². The first-order valence-corrected chi connectivity index (χ1v) is 9.87. The van der Waals surface area contributed by atoms with E-state index in [1.165, 1.54) is 4.31 Å². The molecule has 2 aliphatic heterocycles. The Bertz CT molecular complexity index is 768. The van der Waals surface area contributed by atoms with Crippen molar-refractivity contribution in [2.75, 3.05) is 32.8 Å². The molecular formula is C16H19F3N2O5S. The molecule has 2 fully saturated rings. The van der Waals surface area contributed by atoms with Crippen LogP contribution in [0.2, 0.25) is 0 Å². The lowest BCUT2D eigenvalue weighted by Gasteiger charge is -2.35. The first kappa shape index (κ1) is 19.9. The molecule has 0 saturated carbocycles. The number of benzene rings is 1. The highest BCUT2D eigenvalue weighted by Gasteiger charge is 2.34. The Hall–Kier alpha value is -1.85. The van der Waals surface area contributed by atoms with Crippen LogP contribution in [0.25, 0.3) is 0 Å². The molecule has 150 valence electrons. The summed E-state index contributed by atoms with van der Waals surface area (Å²) in [6.45, 7) is 1.27. The summed E-state index contributed by atoms with van der Waals surface area (Å²) in [5.41, 5.74) is 0. The fraction of sp³-hybridized carbons (Fsp3) is 0.562. The zero-order chi connectivity index (χ0) is 19.7. The number of sulfonamides is 1. The molecule has 0 aromatic heterocycles. The average Bonchev–Trinajstić information content (AvgIpc) is 3.15. The molecule has 1 aromatic rings. The molecule has 3 rings (SSSR count). The molecule has 1 amide bonds. The van der Waals surface area contributed by atoms with Gasteiger partial charge in [-0.25, -0.2) is 8.42 Å². The van der Waals surface area contributed by atoms with Gasteiger partial charge in [0.2, 0.25) is 10.0 Å². The van der Waals surface area contributed by atoms with Gasteiger partial charge in [0.15, 0.2) is 0 Å². The number of ether oxygens (including phenoxy) is 2. The molecule has 2 aliphatic rings.